The van der Waals surface area contributed by atoms with Gasteiger partial charge in [-0.1, -0.05) is 47.7 Å². The molecule has 0 bridgehead atoms. The Morgan fingerprint density at radius 3 is 2.52 bits per heavy atom. The zero-order valence-electron chi connectivity index (χ0n) is 14.9. The van der Waals surface area contributed by atoms with Crippen LogP contribution in [0.5, 0.6) is 0 Å². The molecule has 0 aliphatic rings. The molecular weight excluding hydrogens is 343 g/mol. The number of fused-ring (bicyclic) bond motifs is 1. The zero-order valence-corrected chi connectivity index (χ0v) is 14.9. The Morgan fingerprint density at radius 2 is 1.74 bits per heavy atom. The third-order valence-corrected chi connectivity index (χ3v) is 4.27. The fourth-order valence-electron chi connectivity index (χ4n) is 2.93. The summed E-state index contributed by atoms with van der Waals surface area (Å²) >= 11 is 0. The summed E-state index contributed by atoms with van der Waals surface area (Å²) in [7, 11) is 0. The van der Waals surface area contributed by atoms with Gasteiger partial charge in [0.2, 0.25) is 0 Å². The number of aryl methyl sites for hydroxylation is 1. The van der Waals surface area contributed by atoms with Crippen molar-refractivity contribution in [1.29, 1.82) is 0 Å². The van der Waals surface area contributed by atoms with Crippen molar-refractivity contribution in [2.45, 2.75) is 19.9 Å². The van der Waals surface area contributed by atoms with Gasteiger partial charge in [0.05, 0.1) is 6.54 Å². The lowest BCUT2D eigenvalue weighted by molar-refractivity contribution is 0.627. The largest absolute Gasteiger partial charge is 0.368 e. The molecule has 136 valence electrons. The number of aromatic nitrogens is 5. The summed E-state index contributed by atoms with van der Waals surface area (Å²) in [6.07, 6.45) is 0.753. The van der Waals surface area contributed by atoms with Crippen molar-refractivity contribution >= 4 is 17.0 Å². The van der Waals surface area contributed by atoms with Crippen LogP contribution in [0.3, 0.4) is 0 Å². The number of hydrogen-bond donors (Lipinski definition) is 1. The number of rotatable bonds is 6. The van der Waals surface area contributed by atoms with Crippen LogP contribution in [-0.2, 0) is 13.0 Å². The molecule has 27 heavy (non-hydrogen) atoms. The molecule has 4 aromatic rings. The van der Waals surface area contributed by atoms with Crippen LogP contribution in [0.25, 0.3) is 11.2 Å². The van der Waals surface area contributed by atoms with E-state index in [1.54, 1.807) is 16.8 Å². The molecule has 0 aliphatic heterocycles. The van der Waals surface area contributed by atoms with E-state index in [0.717, 1.165) is 17.5 Å². The highest BCUT2D eigenvalue weighted by atomic mass is 19.1. The first-order valence-corrected chi connectivity index (χ1v) is 8.79. The van der Waals surface area contributed by atoms with Gasteiger partial charge in [-0.25, -0.2) is 19.0 Å². The summed E-state index contributed by atoms with van der Waals surface area (Å²) in [5.41, 5.74) is 3.54. The molecule has 2 aromatic carbocycles. The predicted octanol–water partition coefficient (Wildman–Crippen LogP) is 3.37. The number of nitrogens with one attached hydrogen (secondary N) is 1. The first-order chi connectivity index (χ1) is 13.2. The molecule has 7 heteroatoms. The highest BCUT2D eigenvalue weighted by Crippen LogP contribution is 2.18. The smallest absolute Gasteiger partial charge is 0.184 e. The highest BCUT2D eigenvalue weighted by molar-refractivity contribution is 5.82. The Morgan fingerprint density at radius 1 is 0.963 bits per heavy atom. The van der Waals surface area contributed by atoms with Crippen LogP contribution in [0.1, 0.15) is 17.0 Å². The SMILES string of the molecule is Cc1nc(NCCc2ccc(F)cc2)c2nnn(Cc3ccccc3)c2n1. The lowest BCUT2D eigenvalue weighted by Crippen LogP contribution is -2.09. The van der Waals surface area contributed by atoms with Gasteiger partial charge in [-0.2, -0.15) is 0 Å². The lowest BCUT2D eigenvalue weighted by Gasteiger charge is -2.08. The van der Waals surface area contributed by atoms with Gasteiger partial charge in [-0.3, -0.25) is 0 Å². The average molecular weight is 362 g/mol. The van der Waals surface area contributed by atoms with E-state index in [0.29, 0.717) is 35.9 Å². The summed E-state index contributed by atoms with van der Waals surface area (Å²) < 4.78 is 14.8. The third-order valence-electron chi connectivity index (χ3n) is 4.27. The Kier molecular flexibility index (Phi) is 4.74. The van der Waals surface area contributed by atoms with E-state index in [9.17, 15) is 4.39 Å². The van der Waals surface area contributed by atoms with Gasteiger partial charge in [-0.15, -0.1) is 5.10 Å². The number of halogens is 1. The summed E-state index contributed by atoms with van der Waals surface area (Å²) in [6.45, 7) is 3.11. The molecule has 0 amide bonds. The Labute approximate surface area is 156 Å². The second-order valence-electron chi connectivity index (χ2n) is 6.33. The van der Waals surface area contributed by atoms with E-state index >= 15 is 0 Å². The van der Waals surface area contributed by atoms with Crippen molar-refractivity contribution in [2.75, 3.05) is 11.9 Å². The molecule has 2 heterocycles. The number of nitrogens with zero attached hydrogens (tertiary/aromatic N) is 5. The van der Waals surface area contributed by atoms with Crippen LogP contribution in [0.4, 0.5) is 10.2 Å². The topological polar surface area (TPSA) is 68.5 Å². The van der Waals surface area contributed by atoms with Crippen molar-refractivity contribution in [3.63, 3.8) is 0 Å². The van der Waals surface area contributed by atoms with Crippen molar-refractivity contribution in [2.24, 2.45) is 0 Å². The monoisotopic (exact) mass is 362 g/mol. The van der Waals surface area contributed by atoms with E-state index < -0.39 is 0 Å². The molecule has 0 fully saturated rings. The van der Waals surface area contributed by atoms with Crippen molar-refractivity contribution in [3.05, 3.63) is 77.4 Å². The van der Waals surface area contributed by atoms with E-state index in [-0.39, 0.29) is 5.82 Å². The summed E-state index contributed by atoms with van der Waals surface area (Å²) in [5.74, 6) is 1.09. The normalized spacial score (nSPS) is 11.0. The van der Waals surface area contributed by atoms with Gasteiger partial charge in [0.25, 0.3) is 0 Å². The quantitative estimate of drug-likeness (QED) is 0.570. The molecular formula is C20H19FN6. The first-order valence-electron chi connectivity index (χ1n) is 8.79. The molecule has 1 N–H and O–H groups in total. The highest BCUT2D eigenvalue weighted by Gasteiger charge is 2.13. The average Bonchev–Trinajstić information content (AvgIpc) is 3.07. The molecule has 0 saturated carbocycles. The number of benzene rings is 2. The Balaban J connectivity index is 1.53. The fourth-order valence-corrected chi connectivity index (χ4v) is 2.93. The summed E-state index contributed by atoms with van der Waals surface area (Å²) in [5, 5.41) is 11.8. The third kappa shape index (κ3) is 3.92. The number of anilines is 1. The number of hydrogen-bond acceptors (Lipinski definition) is 5. The fraction of sp³-hybridized carbons (Fsp3) is 0.200. The van der Waals surface area contributed by atoms with E-state index in [1.165, 1.54) is 12.1 Å². The van der Waals surface area contributed by atoms with E-state index in [4.69, 9.17) is 0 Å². The maximum absolute atomic E-state index is 13.0. The second-order valence-corrected chi connectivity index (χ2v) is 6.33. The van der Waals surface area contributed by atoms with Crippen molar-refractivity contribution < 1.29 is 4.39 Å². The minimum absolute atomic E-state index is 0.227. The van der Waals surface area contributed by atoms with Gasteiger partial charge in [0.1, 0.15) is 11.6 Å². The van der Waals surface area contributed by atoms with Gasteiger partial charge in [-0.05, 0) is 36.6 Å². The Hall–Kier alpha value is -3.35. The van der Waals surface area contributed by atoms with E-state index in [2.05, 4.69) is 25.6 Å². The molecule has 0 saturated heterocycles. The molecule has 6 nitrogen and oxygen atoms in total. The van der Waals surface area contributed by atoms with Crippen LogP contribution in [0, 0.1) is 12.7 Å². The van der Waals surface area contributed by atoms with Crippen LogP contribution in [0.2, 0.25) is 0 Å². The van der Waals surface area contributed by atoms with Crippen LogP contribution in [-0.4, -0.2) is 31.5 Å². The molecule has 0 spiro atoms. The van der Waals surface area contributed by atoms with Gasteiger partial charge in [0.15, 0.2) is 17.0 Å². The van der Waals surface area contributed by atoms with Gasteiger partial charge < -0.3 is 5.32 Å². The van der Waals surface area contributed by atoms with Crippen LogP contribution < -0.4 is 5.32 Å². The minimum atomic E-state index is -0.227. The molecule has 0 aliphatic carbocycles. The van der Waals surface area contributed by atoms with Gasteiger partial charge >= 0.3 is 0 Å². The van der Waals surface area contributed by atoms with Crippen molar-refractivity contribution in [1.82, 2.24) is 25.0 Å². The molecule has 0 radical (unpaired) electrons. The lowest BCUT2D eigenvalue weighted by atomic mass is 10.1. The summed E-state index contributed by atoms with van der Waals surface area (Å²) in [4.78, 5) is 8.98. The van der Waals surface area contributed by atoms with Crippen LogP contribution in [0.15, 0.2) is 54.6 Å². The maximum Gasteiger partial charge on any atom is 0.184 e. The van der Waals surface area contributed by atoms with Crippen LogP contribution >= 0.6 is 0 Å². The minimum Gasteiger partial charge on any atom is -0.368 e. The maximum atomic E-state index is 13.0. The summed E-state index contributed by atoms with van der Waals surface area (Å²) in [6, 6.07) is 16.6. The van der Waals surface area contributed by atoms with E-state index in [1.807, 2.05) is 37.3 Å². The first kappa shape index (κ1) is 17.1. The zero-order chi connectivity index (χ0) is 18.6. The molecule has 0 atom stereocenters. The molecule has 2 aromatic heterocycles. The van der Waals surface area contributed by atoms with Crippen molar-refractivity contribution in [3.8, 4) is 0 Å². The second kappa shape index (κ2) is 7.49. The molecule has 4 rings (SSSR count). The van der Waals surface area contributed by atoms with Gasteiger partial charge in [0, 0.05) is 6.54 Å². The molecule has 0 unspecified atom stereocenters. The predicted molar refractivity (Wildman–Crippen MR) is 102 cm³/mol. The standard InChI is InChI=1S/C20H19FN6/c1-14-23-19(22-12-11-15-7-9-17(21)10-8-15)18-20(24-14)27(26-25-18)13-16-5-3-2-4-6-16/h2-10H,11-13H2,1H3,(H,22,23,24). The Bertz CT molecular complexity index is 1040.